The van der Waals surface area contributed by atoms with E-state index < -0.39 is 0 Å². The molecule has 0 fully saturated rings. The summed E-state index contributed by atoms with van der Waals surface area (Å²) in [6, 6.07) is 18.1. The van der Waals surface area contributed by atoms with Gasteiger partial charge in [0.1, 0.15) is 10.8 Å². The Bertz CT molecular complexity index is 863. The fourth-order valence-corrected chi connectivity index (χ4v) is 3.66. The number of aryl methyl sites for hydroxylation is 1. The number of hydrogen-bond donors (Lipinski definition) is 1. The lowest BCUT2D eigenvalue weighted by Gasteiger charge is -2.08. The molecule has 0 aliphatic rings. The summed E-state index contributed by atoms with van der Waals surface area (Å²) in [5, 5.41) is 12.6. The highest BCUT2D eigenvalue weighted by Gasteiger charge is 2.12. The highest BCUT2D eigenvalue weighted by atomic mass is 32.1. The molecule has 0 saturated heterocycles. The molecule has 3 rings (SSSR count). The molecule has 1 amide bonds. The Kier molecular flexibility index (Phi) is 6.54. The van der Waals surface area contributed by atoms with E-state index >= 15 is 0 Å². The van der Waals surface area contributed by atoms with Crippen molar-refractivity contribution in [3.63, 3.8) is 0 Å². The largest absolute Gasteiger partial charge is 0.497 e. The van der Waals surface area contributed by atoms with E-state index in [0.29, 0.717) is 23.9 Å². The summed E-state index contributed by atoms with van der Waals surface area (Å²) in [4.78, 5) is 12.2. The second-order valence-electron chi connectivity index (χ2n) is 6.41. The quantitative estimate of drug-likeness (QED) is 0.625. The smallest absolute Gasteiger partial charge is 0.226 e. The summed E-state index contributed by atoms with van der Waals surface area (Å²) < 4.78 is 5.14. The molecule has 0 saturated carbocycles. The van der Waals surface area contributed by atoms with Crippen LogP contribution in [0, 0.1) is 0 Å². The Labute approximate surface area is 163 Å². The zero-order valence-electron chi connectivity index (χ0n) is 15.5. The number of aromatic nitrogens is 2. The number of carbonyl (C=O) groups is 1. The van der Waals surface area contributed by atoms with Gasteiger partial charge in [-0.2, -0.15) is 0 Å². The number of rotatable bonds is 8. The van der Waals surface area contributed by atoms with E-state index in [9.17, 15) is 4.79 Å². The average molecular weight is 382 g/mol. The Morgan fingerprint density at radius 2 is 1.85 bits per heavy atom. The number of nitrogens with one attached hydrogen (secondary N) is 1. The summed E-state index contributed by atoms with van der Waals surface area (Å²) in [6.45, 7) is 2.17. The van der Waals surface area contributed by atoms with Crippen LogP contribution in [0.1, 0.15) is 35.4 Å². The summed E-state index contributed by atoms with van der Waals surface area (Å²) in [5.41, 5.74) is 2.37. The van der Waals surface area contributed by atoms with Crippen molar-refractivity contribution in [2.24, 2.45) is 0 Å². The van der Waals surface area contributed by atoms with Crippen LogP contribution in [0.25, 0.3) is 0 Å². The minimum absolute atomic E-state index is 0.0513. The molecule has 6 heteroatoms. The lowest BCUT2D eigenvalue weighted by molar-refractivity contribution is -0.116. The van der Waals surface area contributed by atoms with Gasteiger partial charge in [-0.25, -0.2) is 0 Å². The number of anilines is 1. The zero-order valence-corrected chi connectivity index (χ0v) is 16.3. The molecule has 1 unspecified atom stereocenters. The maximum Gasteiger partial charge on any atom is 0.226 e. The molecule has 1 N–H and O–H groups in total. The van der Waals surface area contributed by atoms with E-state index in [4.69, 9.17) is 4.74 Å². The lowest BCUT2D eigenvalue weighted by Crippen LogP contribution is -2.12. The van der Waals surface area contributed by atoms with Gasteiger partial charge >= 0.3 is 0 Å². The molecule has 1 heterocycles. The standard InChI is InChI=1S/C21H23N3O2S/c1-15(17-6-4-3-5-7-17)14-20-23-24-21(27-20)22-19(25)13-10-16-8-11-18(26-2)12-9-16/h3-9,11-12,15H,10,13-14H2,1-2H3,(H,22,24,25). The van der Waals surface area contributed by atoms with E-state index in [1.807, 2.05) is 42.5 Å². The molecule has 0 radical (unpaired) electrons. The molecular weight excluding hydrogens is 358 g/mol. The van der Waals surface area contributed by atoms with Crippen molar-refractivity contribution in [2.45, 2.75) is 32.1 Å². The molecule has 0 bridgehead atoms. The van der Waals surface area contributed by atoms with E-state index in [1.54, 1.807) is 7.11 Å². The zero-order chi connectivity index (χ0) is 19.1. The van der Waals surface area contributed by atoms with Gasteiger partial charge in [0, 0.05) is 12.8 Å². The van der Waals surface area contributed by atoms with Crippen molar-refractivity contribution in [3.05, 3.63) is 70.7 Å². The van der Waals surface area contributed by atoms with Crippen molar-refractivity contribution in [1.29, 1.82) is 0 Å². The van der Waals surface area contributed by atoms with Gasteiger partial charge in [-0.15, -0.1) is 10.2 Å². The third-order valence-corrected chi connectivity index (χ3v) is 5.22. The number of carbonyl (C=O) groups excluding carboxylic acids is 1. The van der Waals surface area contributed by atoms with Crippen LogP contribution < -0.4 is 10.1 Å². The van der Waals surface area contributed by atoms with E-state index in [1.165, 1.54) is 16.9 Å². The van der Waals surface area contributed by atoms with Crippen molar-refractivity contribution in [3.8, 4) is 5.75 Å². The van der Waals surface area contributed by atoms with E-state index in [2.05, 4.69) is 34.6 Å². The van der Waals surface area contributed by atoms with E-state index in [0.717, 1.165) is 22.7 Å². The SMILES string of the molecule is COc1ccc(CCC(=O)Nc2nnc(CC(C)c3ccccc3)s2)cc1. The molecule has 27 heavy (non-hydrogen) atoms. The molecule has 140 valence electrons. The molecule has 2 aromatic carbocycles. The highest BCUT2D eigenvalue weighted by Crippen LogP contribution is 2.24. The molecule has 3 aromatic rings. The highest BCUT2D eigenvalue weighted by molar-refractivity contribution is 7.15. The minimum Gasteiger partial charge on any atom is -0.497 e. The Balaban J connectivity index is 1.48. The number of nitrogens with zero attached hydrogens (tertiary/aromatic N) is 2. The fraction of sp³-hybridized carbons (Fsp3) is 0.286. The fourth-order valence-electron chi connectivity index (χ4n) is 2.78. The summed E-state index contributed by atoms with van der Waals surface area (Å²) >= 11 is 1.44. The van der Waals surface area contributed by atoms with E-state index in [-0.39, 0.29) is 5.91 Å². The molecule has 5 nitrogen and oxygen atoms in total. The minimum atomic E-state index is -0.0513. The number of benzene rings is 2. The topological polar surface area (TPSA) is 64.1 Å². The van der Waals surface area contributed by atoms with Crippen molar-refractivity contribution in [2.75, 3.05) is 12.4 Å². The van der Waals surface area contributed by atoms with Crippen LogP contribution in [-0.4, -0.2) is 23.2 Å². The normalized spacial score (nSPS) is 11.8. The maximum atomic E-state index is 12.2. The third-order valence-electron chi connectivity index (χ3n) is 4.36. The second kappa shape index (κ2) is 9.28. The first-order valence-electron chi connectivity index (χ1n) is 8.94. The van der Waals surface area contributed by atoms with Gasteiger partial charge in [0.05, 0.1) is 7.11 Å². The van der Waals surface area contributed by atoms with Crippen molar-refractivity contribution < 1.29 is 9.53 Å². The van der Waals surface area contributed by atoms with Crippen LogP contribution in [0.3, 0.4) is 0 Å². The molecule has 0 aliphatic heterocycles. The maximum absolute atomic E-state index is 12.2. The van der Waals surface area contributed by atoms with Gasteiger partial charge in [0.25, 0.3) is 0 Å². The second-order valence-corrected chi connectivity index (χ2v) is 7.48. The Morgan fingerprint density at radius 1 is 1.11 bits per heavy atom. The van der Waals surface area contributed by atoms with Crippen molar-refractivity contribution >= 4 is 22.4 Å². The molecule has 0 spiro atoms. The van der Waals surface area contributed by atoms with Crippen LogP contribution >= 0.6 is 11.3 Å². The Hall–Kier alpha value is -2.73. The Morgan fingerprint density at radius 3 is 2.56 bits per heavy atom. The van der Waals surface area contributed by atoms with Crippen LogP contribution in [0.5, 0.6) is 5.75 Å². The van der Waals surface area contributed by atoms with Gasteiger partial charge in [0.15, 0.2) is 0 Å². The molecular formula is C21H23N3O2S. The van der Waals surface area contributed by atoms with Gasteiger partial charge < -0.3 is 10.1 Å². The van der Waals surface area contributed by atoms with Crippen LogP contribution in [-0.2, 0) is 17.6 Å². The molecule has 0 aliphatic carbocycles. The number of hydrogen-bond acceptors (Lipinski definition) is 5. The first-order chi connectivity index (χ1) is 13.1. The third kappa shape index (κ3) is 5.62. The summed E-state index contributed by atoms with van der Waals surface area (Å²) in [7, 11) is 1.64. The van der Waals surface area contributed by atoms with Crippen LogP contribution in [0.15, 0.2) is 54.6 Å². The van der Waals surface area contributed by atoms with Gasteiger partial charge in [-0.05, 0) is 35.6 Å². The molecule has 1 atom stereocenters. The predicted octanol–water partition coefficient (Wildman–Crippen LogP) is 4.46. The lowest BCUT2D eigenvalue weighted by atomic mass is 9.98. The first-order valence-corrected chi connectivity index (χ1v) is 9.76. The van der Waals surface area contributed by atoms with Gasteiger partial charge in [-0.3, -0.25) is 4.79 Å². The first kappa shape index (κ1) is 19.0. The number of methoxy groups -OCH3 is 1. The van der Waals surface area contributed by atoms with Gasteiger partial charge in [0.2, 0.25) is 11.0 Å². The van der Waals surface area contributed by atoms with Crippen molar-refractivity contribution in [1.82, 2.24) is 10.2 Å². The van der Waals surface area contributed by atoms with Gasteiger partial charge in [-0.1, -0.05) is 60.7 Å². The van der Waals surface area contributed by atoms with Crippen LogP contribution in [0.4, 0.5) is 5.13 Å². The molecule has 1 aromatic heterocycles. The number of amides is 1. The van der Waals surface area contributed by atoms with Crippen LogP contribution in [0.2, 0.25) is 0 Å². The average Bonchev–Trinajstić information content (AvgIpc) is 3.14. The monoisotopic (exact) mass is 381 g/mol. The summed E-state index contributed by atoms with van der Waals surface area (Å²) in [6.07, 6.45) is 1.89. The predicted molar refractivity (Wildman–Crippen MR) is 108 cm³/mol. The summed E-state index contributed by atoms with van der Waals surface area (Å²) in [5.74, 6) is 1.12. The number of ether oxygens (including phenoxy) is 1.